The van der Waals surface area contributed by atoms with Gasteiger partial charge in [-0.1, -0.05) is 18.2 Å². The lowest BCUT2D eigenvalue weighted by molar-refractivity contribution is 0.264. The maximum atomic E-state index is 13.7. The van der Waals surface area contributed by atoms with Gasteiger partial charge in [-0.3, -0.25) is 0 Å². The number of hydrogen-bond acceptors (Lipinski definition) is 2. The van der Waals surface area contributed by atoms with E-state index in [1.165, 1.54) is 32.4 Å². The molecule has 2 aliphatic carbocycles. The molecule has 2 saturated carbocycles. The summed E-state index contributed by atoms with van der Waals surface area (Å²) in [6.45, 7) is 3.75. The Morgan fingerprint density at radius 2 is 1.95 bits per heavy atom. The fourth-order valence-electron chi connectivity index (χ4n) is 3.98. The van der Waals surface area contributed by atoms with Gasteiger partial charge in [0.1, 0.15) is 5.82 Å². The van der Waals surface area contributed by atoms with Crippen LogP contribution in [0.15, 0.2) is 24.3 Å². The first-order valence-corrected chi connectivity index (χ1v) is 8.51. The van der Waals surface area contributed by atoms with Crippen molar-refractivity contribution in [2.24, 2.45) is 5.92 Å². The van der Waals surface area contributed by atoms with Crippen LogP contribution in [0.2, 0.25) is 0 Å². The molecule has 114 valence electrons. The number of rotatable bonds is 5. The molecule has 1 unspecified atom stereocenters. The van der Waals surface area contributed by atoms with E-state index in [2.05, 4.69) is 10.2 Å². The van der Waals surface area contributed by atoms with Crippen LogP contribution in [0.5, 0.6) is 0 Å². The van der Waals surface area contributed by atoms with Crippen LogP contribution in [0.1, 0.15) is 43.6 Å². The summed E-state index contributed by atoms with van der Waals surface area (Å²) in [5.74, 6) is 1.23. The fourth-order valence-corrected chi connectivity index (χ4v) is 3.98. The Hall–Kier alpha value is -0.930. The molecule has 4 rings (SSSR count). The van der Waals surface area contributed by atoms with Crippen molar-refractivity contribution in [1.29, 1.82) is 0 Å². The molecule has 2 nitrogen and oxygen atoms in total. The molecule has 1 aliphatic heterocycles. The largest absolute Gasteiger partial charge is 0.314 e. The molecule has 3 heteroatoms. The van der Waals surface area contributed by atoms with E-state index in [0.717, 1.165) is 36.9 Å². The van der Waals surface area contributed by atoms with Crippen molar-refractivity contribution in [2.45, 2.75) is 50.1 Å². The minimum atomic E-state index is -0.0307. The van der Waals surface area contributed by atoms with Gasteiger partial charge in [0.2, 0.25) is 0 Å². The van der Waals surface area contributed by atoms with E-state index in [-0.39, 0.29) is 5.82 Å². The van der Waals surface area contributed by atoms with Gasteiger partial charge in [0, 0.05) is 18.6 Å². The molecule has 1 saturated heterocycles. The highest BCUT2D eigenvalue weighted by atomic mass is 19.1. The fraction of sp³-hybridized carbons (Fsp3) is 0.667. The molecular formula is C18H25FN2. The van der Waals surface area contributed by atoms with E-state index in [1.807, 2.05) is 12.1 Å². The molecule has 0 spiro atoms. The maximum absolute atomic E-state index is 13.7. The Morgan fingerprint density at radius 3 is 2.71 bits per heavy atom. The van der Waals surface area contributed by atoms with Crippen molar-refractivity contribution in [3.05, 3.63) is 35.6 Å². The third kappa shape index (κ3) is 3.00. The summed E-state index contributed by atoms with van der Waals surface area (Å²) in [5, 5.41) is 3.71. The SMILES string of the molecule is Fc1ccccc1C1CC(NCC2CCN(C3CC3)C2)C1. The van der Waals surface area contributed by atoms with Crippen molar-refractivity contribution in [1.82, 2.24) is 10.2 Å². The molecule has 0 radical (unpaired) electrons. The minimum absolute atomic E-state index is 0.0307. The molecule has 1 aromatic carbocycles. The van der Waals surface area contributed by atoms with Crippen molar-refractivity contribution >= 4 is 0 Å². The van der Waals surface area contributed by atoms with Gasteiger partial charge >= 0.3 is 0 Å². The van der Waals surface area contributed by atoms with Gasteiger partial charge in [-0.25, -0.2) is 4.39 Å². The zero-order valence-corrected chi connectivity index (χ0v) is 12.6. The minimum Gasteiger partial charge on any atom is -0.314 e. The van der Waals surface area contributed by atoms with Crippen LogP contribution in [0.4, 0.5) is 4.39 Å². The van der Waals surface area contributed by atoms with Crippen molar-refractivity contribution in [3.8, 4) is 0 Å². The van der Waals surface area contributed by atoms with E-state index >= 15 is 0 Å². The van der Waals surface area contributed by atoms with Gasteiger partial charge in [0.15, 0.2) is 0 Å². The summed E-state index contributed by atoms with van der Waals surface area (Å²) < 4.78 is 13.7. The highest BCUT2D eigenvalue weighted by Crippen LogP contribution is 2.38. The molecule has 1 heterocycles. The molecule has 0 amide bonds. The summed E-state index contributed by atoms with van der Waals surface area (Å²) in [6.07, 6.45) is 6.40. The second kappa shape index (κ2) is 5.69. The summed E-state index contributed by atoms with van der Waals surface area (Å²) in [6, 6.07) is 8.78. The Bertz CT molecular complexity index is 494. The van der Waals surface area contributed by atoms with Crippen molar-refractivity contribution in [2.75, 3.05) is 19.6 Å². The first-order chi connectivity index (χ1) is 10.3. The quantitative estimate of drug-likeness (QED) is 0.895. The average Bonchev–Trinajstić information content (AvgIpc) is 3.19. The topological polar surface area (TPSA) is 15.3 Å². The van der Waals surface area contributed by atoms with Crippen LogP contribution in [-0.2, 0) is 0 Å². The summed E-state index contributed by atoms with van der Waals surface area (Å²) >= 11 is 0. The Kier molecular flexibility index (Phi) is 3.72. The first kappa shape index (κ1) is 13.7. The van der Waals surface area contributed by atoms with Gasteiger partial charge in [-0.05, 0) is 68.7 Å². The number of halogens is 1. The molecule has 1 atom stereocenters. The molecule has 3 fully saturated rings. The van der Waals surface area contributed by atoms with Gasteiger partial charge in [0.05, 0.1) is 0 Å². The second-order valence-electron chi connectivity index (χ2n) is 7.18. The standard InChI is InChI=1S/C18H25FN2/c19-18-4-2-1-3-17(18)14-9-15(10-14)20-11-13-7-8-21(12-13)16-5-6-16/h1-4,13-16,20H,5-12H2. The molecule has 1 aromatic rings. The third-order valence-corrected chi connectivity index (χ3v) is 5.56. The predicted molar refractivity (Wildman–Crippen MR) is 82.9 cm³/mol. The van der Waals surface area contributed by atoms with Gasteiger partial charge in [-0.15, -0.1) is 0 Å². The molecule has 0 bridgehead atoms. The van der Waals surface area contributed by atoms with E-state index in [1.54, 1.807) is 12.1 Å². The van der Waals surface area contributed by atoms with Crippen LogP contribution in [0.25, 0.3) is 0 Å². The Labute approximate surface area is 126 Å². The third-order valence-electron chi connectivity index (χ3n) is 5.56. The molecule has 3 aliphatic rings. The van der Waals surface area contributed by atoms with Crippen LogP contribution in [-0.4, -0.2) is 36.6 Å². The number of benzene rings is 1. The van der Waals surface area contributed by atoms with E-state index in [9.17, 15) is 4.39 Å². The van der Waals surface area contributed by atoms with E-state index in [0.29, 0.717) is 12.0 Å². The predicted octanol–water partition coefficient (Wildman–Crippen LogP) is 3.15. The molecule has 1 N–H and O–H groups in total. The lowest BCUT2D eigenvalue weighted by atomic mass is 9.75. The average molecular weight is 288 g/mol. The lowest BCUT2D eigenvalue weighted by Crippen LogP contribution is -2.42. The Balaban J connectivity index is 1.20. The van der Waals surface area contributed by atoms with Gasteiger partial charge in [0.25, 0.3) is 0 Å². The summed E-state index contributed by atoms with van der Waals surface area (Å²) in [5.41, 5.74) is 0.913. The smallest absolute Gasteiger partial charge is 0.126 e. The maximum Gasteiger partial charge on any atom is 0.126 e. The van der Waals surface area contributed by atoms with Crippen molar-refractivity contribution in [3.63, 3.8) is 0 Å². The van der Waals surface area contributed by atoms with Crippen molar-refractivity contribution < 1.29 is 4.39 Å². The monoisotopic (exact) mass is 288 g/mol. The molecular weight excluding hydrogens is 263 g/mol. The first-order valence-electron chi connectivity index (χ1n) is 8.51. The van der Waals surface area contributed by atoms with Crippen LogP contribution in [0, 0.1) is 11.7 Å². The number of nitrogens with zero attached hydrogens (tertiary/aromatic N) is 1. The number of likely N-dealkylation sites (tertiary alicyclic amines) is 1. The summed E-state index contributed by atoms with van der Waals surface area (Å²) in [7, 11) is 0. The Morgan fingerprint density at radius 1 is 1.14 bits per heavy atom. The van der Waals surface area contributed by atoms with Crippen LogP contribution < -0.4 is 5.32 Å². The zero-order valence-electron chi connectivity index (χ0n) is 12.6. The number of nitrogens with one attached hydrogen (secondary N) is 1. The normalized spacial score (nSPS) is 33.1. The number of hydrogen-bond donors (Lipinski definition) is 1. The summed E-state index contributed by atoms with van der Waals surface area (Å²) in [4.78, 5) is 2.68. The lowest BCUT2D eigenvalue weighted by Gasteiger charge is -2.37. The van der Waals surface area contributed by atoms with E-state index in [4.69, 9.17) is 0 Å². The van der Waals surface area contributed by atoms with Crippen LogP contribution >= 0.6 is 0 Å². The molecule has 21 heavy (non-hydrogen) atoms. The zero-order chi connectivity index (χ0) is 14.2. The highest BCUT2D eigenvalue weighted by Gasteiger charge is 2.35. The van der Waals surface area contributed by atoms with E-state index < -0.39 is 0 Å². The van der Waals surface area contributed by atoms with Crippen LogP contribution in [0.3, 0.4) is 0 Å². The highest BCUT2D eigenvalue weighted by molar-refractivity contribution is 5.24. The molecule has 0 aromatic heterocycles. The van der Waals surface area contributed by atoms with Gasteiger partial charge < -0.3 is 10.2 Å². The second-order valence-corrected chi connectivity index (χ2v) is 7.18. The van der Waals surface area contributed by atoms with Gasteiger partial charge in [-0.2, -0.15) is 0 Å².